The van der Waals surface area contributed by atoms with Gasteiger partial charge in [-0.2, -0.15) is 0 Å². The summed E-state index contributed by atoms with van der Waals surface area (Å²) in [6, 6.07) is 14.1. The first-order chi connectivity index (χ1) is 7.38. The molecule has 3 heteroatoms. The van der Waals surface area contributed by atoms with E-state index in [1.54, 1.807) is 11.8 Å². The largest absolute Gasteiger partial charge is 0.454 e. The quantitative estimate of drug-likeness (QED) is 0.859. The Morgan fingerprint density at radius 2 is 1.87 bits per heavy atom. The van der Waals surface area contributed by atoms with Crippen LogP contribution in [0.1, 0.15) is 5.76 Å². The summed E-state index contributed by atoms with van der Waals surface area (Å²) in [6.07, 6.45) is 0.801. The van der Waals surface area contributed by atoms with E-state index in [9.17, 15) is 0 Å². The number of hydrogen-bond donors (Lipinski definition) is 1. The van der Waals surface area contributed by atoms with Crippen molar-refractivity contribution in [2.24, 2.45) is 5.73 Å². The third-order valence-corrected chi connectivity index (χ3v) is 2.92. The summed E-state index contributed by atoms with van der Waals surface area (Å²) < 4.78 is 5.61. The van der Waals surface area contributed by atoms with Gasteiger partial charge in [-0.1, -0.05) is 30.0 Å². The van der Waals surface area contributed by atoms with Gasteiger partial charge in [-0.3, -0.25) is 0 Å². The summed E-state index contributed by atoms with van der Waals surface area (Å²) in [5.41, 5.74) is 5.46. The molecule has 0 atom stereocenters. The monoisotopic (exact) mass is 219 g/mol. The minimum atomic E-state index is 0.628. The summed E-state index contributed by atoms with van der Waals surface area (Å²) in [6.45, 7) is 0.628. The van der Waals surface area contributed by atoms with Crippen LogP contribution in [-0.4, -0.2) is 6.54 Å². The first-order valence-corrected chi connectivity index (χ1v) is 5.72. The second-order valence-corrected chi connectivity index (χ2v) is 4.25. The predicted molar refractivity (Wildman–Crippen MR) is 62.0 cm³/mol. The van der Waals surface area contributed by atoms with E-state index < -0.39 is 0 Å². The van der Waals surface area contributed by atoms with Crippen molar-refractivity contribution in [3.63, 3.8) is 0 Å². The molecule has 0 aliphatic rings. The van der Waals surface area contributed by atoms with Gasteiger partial charge in [0.15, 0.2) is 5.09 Å². The van der Waals surface area contributed by atoms with Crippen LogP contribution in [0.25, 0.3) is 0 Å². The van der Waals surface area contributed by atoms with E-state index in [-0.39, 0.29) is 0 Å². The second kappa shape index (κ2) is 5.05. The highest BCUT2D eigenvalue weighted by atomic mass is 32.2. The van der Waals surface area contributed by atoms with Crippen LogP contribution in [0.3, 0.4) is 0 Å². The maximum atomic E-state index is 5.61. The zero-order valence-corrected chi connectivity index (χ0v) is 9.17. The minimum Gasteiger partial charge on any atom is -0.454 e. The average molecular weight is 219 g/mol. The third-order valence-electron chi connectivity index (χ3n) is 1.99. The fraction of sp³-hybridized carbons (Fsp3) is 0.167. The lowest BCUT2D eigenvalue weighted by atomic mass is 10.3. The molecule has 2 rings (SSSR count). The topological polar surface area (TPSA) is 39.2 Å². The first-order valence-electron chi connectivity index (χ1n) is 4.90. The van der Waals surface area contributed by atoms with Crippen LogP contribution < -0.4 is 5.73 Å². The molecule has 0 amide bonds. The smallest absolute Gasteiger partial charge is 0.165 e. The van der Waals surface area contributed by atoms with Crippen molar-refractivity contribution in [2.45, 2.75) is 16.4 Å². The molecular weight excluding hydrogens is 206 g/mol. The van der Waals surface area contributed by atoms with Gasteiger partial charge < -0.3 is 10.2 Å². The van der Waals surface area contributed by atoms with Gasteiger partial charge in [0, 0.05) is 11.3 Å². The maximum absolute atomic E-state index is 5.61. The number of nitrogens with two attached hydrogens (primary N) is 1. The fourth-order valence-corrected chi connectivity index (χ4v) is 2.10. The molecule has 0 fully saturated rings. The molecule has 0 spiro atoms. The Morgan fingerprint density at radius 3 is 2.60 bits per heavy atom. The van der Waals surface area contributed by atoms with Crippen LogP contribution >= 0.6 is 11.8 Å². The van der Waals surface area contributed by atoms with E-state index in [4.69, 9.17) is 10.2 Å². The van der Waals surface area contributed by atoms with Gasteiger partial charge in [-0.05, 0) is 30.8 Å². The normalized spacial score (nSPS) is 10.5. The van der Waals surface area contributed by atoms with Gasteiger partial charge >= 0.3 is 0 Å². The molecule has 78 valence electrons. The highest BCUT2D eigenvalue weighted by molar-refractivity contribution is 7.99. The van der Waals surface area contributed by atoms with Gasteiger partial charge in [0.2, 0.25) is 0 Å². The van der Waals surface area contributed by atoms with Crippen molar-refractivity contribution in [3.05, 3.63) is 48.2 Å². The lowest BCUT2D eigenvalue weighted by molar-refractivity contribution is 0.432. The van der Waals surface area contributed by atoms with Gasteiger partial charge in [-0.25, -0.2) is 0 Å². The standard InChI is InChI=1S/C12H13NOS/c13-9-8-10-6-7-12(14-10)15-11-4-2-1-3-5-11/h1-7H,8-9,13H2. The Kier molecular flexibility index (Phi) is 3.48. The van der Waals surface area contributed by atoms with Gasteiger partial charge in [0.1, 0.15) is 5.76 Å². The molecule has 0 radical (unpaired) electrons. The Labute approximate surface area is 93.5 Å². The van der Waals surface area contributed by atoms with Crippen molar-refractivity contribution in [2.75, 3.05) is 6.54 Å². The van der Waals surface area contributed by atoms with E-state index in [1.165, 1.54) is 4.90 Å². The molecule has 0 saturated carbocycles. The molecule has 1 heterocycles. The number of rotatable bonds is 4. The first kappa shape index (κ1) is 10.3. The van der Waals surface area contributed by atoms with Crippen molar-refractivity contribution < 1.29 is 4.42 Å². The third kappa shape index (κ3) is 2.88. The molecule has 0 saturated heterocycles. The van der Waals surface area contributed by atoms with Crippen molar-refractivity contribution in [1.29, 1.82) is 0 Å². The molecule has 0 unspecified atom stereocenters. The van der Waals surface area contributed by atoms with E-state index in [0.717, 1.165) is 17.3 Å². The summed E-state index contributed by atoms with van der Waals surface area (Å²) in [4.78, 5) is 1.19. The Bertz CT molecular complexity index is 411. The van der Waals surface area contributed by atoms with Gasteiger partial charge in [0.05, 0.1) is 0 Å². The lowest BCUT2D eigenvalue weighted by Crippen LogP contribution is -2.01. The fourth-order valence-electron chi connectivity index (χ4n) is 1.29. The molecule has 2 N–H and O–H groups in total. The van der Waals surface area contributed by atoms with E-state index in [1.807, 2.05) is 30.3 Å². The van der Waals surface area contributed by atoms with Crippen LogP contribution in [0.15, 0.2) is 56.9 Å². The number of benzene rings is 1. The van der Waals surface area contributed by atoms with Crippen LogP contribution in [0.4, 0.5) is 0 Å². The summed E-state index contributed by atoms with van der Waals surface area (Å²) in [7, 11) is 0. The van der Waals surface area contributed by atoms with Crippen molar-refractivity contribution in [1.82, 2.24) is 0 Å². The predicted octanol–water partition coefficient (Wildman–Crippen LogP) is 2.93. The number of furan rings is 1. The van der Waals surface area contributed by atoms with E-state index >= 15 is 0 Å². The molecule has 0 aliphatic carbocycles. The number of hydrogen-bond acceptors (Lipinski definition) is 3. The molecule has 1 aromatic carbocycles. The molecule has 0 aliphatic heterocycles. The van der Waals surface area contributed by atoms with E-state index in [2.05, 4.69) is 12.1 Å². The van der Waals surface area contributed by atoms with Crippen LogP contribution in [0.2, 0.25) is 0 Å². The lowest BCUT2D eigenvalue weighted by Gasteiger charge is -1.96. The molecule has 15 heavy (non-hydrogen) atoms. The maximum Gasteiger partial charge on any atom is 0.165 e. The van der Waals surface area contributed by atoms with E-state index in [0.29, 0.717) is 6.54 Å². The molecule has 2 aromatic rings. The zero-order chi connectivity index (χ0) is 10.5. The molecular formula is C12H13NOS. The summed E-state index contributed by atoms with van der Waals surface area (Å²) >= 11 is 1.63. The molecule has 1 aromatic heterocycles. The highest BCUT2D eigenvalue weighted by Crippen LogP contribution is 2.28. The SMILES string of the molecule is NCCc1ccc(Sc2ccccc2)o1. The van der Waals surface area contributed by atoms with Crippen LogP contribution in [0, 0.1) is 0 Å². The van der Waals surface area contributed by atoms with Gasteiger partial charge in [-0.15, -0.1) is 0 Å². The zero-order valence-electron chi connectivity index (χ0n) is 8.35. The van der Waals surface area contributed by atoms with Crippen LogP contribution in [0.5, 0.6) is 0 Å². The average Bonchev–Trinajstić information content (AvgIpc) is 2.68. The molecule has 2 nitrogen and oxygen atoms in total. The Hall–Kier alpha value is -1.19. The minimum absolute atomic E-state index is 0.628. The Morgan fingerprint density at radius 1 is 1.07 bits per heavy atom. The highest BCUT2D eigenvalue weighted by Gasteiger charge is 2.02. The van der Waals surface area contributed by atoms with Crippen molar-refractivity contribution in [3.8, 4) is 0 Å². The summed E-state index contributed by atoms with van der Waals surface area (Å²) in [5.74, 6) is 0.955. The molecule has 0 bridgehead atoms. The van der Waals surface area contributed by atoms with Crippen LogP contribution in [-0.2, 0) is 6.42 Å². The van der Waals surface area contributed by atoms with Crippen molar-refractivity contribution >= 4 is 11.8 Å². The second-order valence-electron chi connectivity index (χ2n) is 3.17. The Balaban J connectivity index is 2.05. The van der Waals surface area contributed by atoms with Gasteiger partial charge in [0.25, 0.3) is 0 Å². The summed E-state index contributed by atoms with van der Waals surface area (Å²) in [5, 5.41) is 0.921.